The molecule has 0 bridgehead atoms. The van der Waals surface area contributed by atoms with Crippen LogP contribution in [0.15, 0.2) is 18.3 Å². The summed E-state index contributed by atoms with van der Waals surface area (Å²) in [7, 11) is 1.94. The van der Waals surface area contributed by atoms with Gasteiger partial charge in [0.2, 0.25) is 0 Å². The van der Waals surface area contributed by atoms with Gasteiger partial charge in [-0.25, -0.2) is 0 Å². The van der Waals surface area contributed by atoms with Gasteiger partial charge in [-0.05, 0) is 38.4 Å². The largest absolute Gasteiger partial charge is 0.492 e. The van der Waals surface area contributed by atoms with E-state index in [9.17, 15) is 0 Å². The van der Waals surface area contributed by atoms with Crippen LogP contribution in [0.25, 0.3) is 0 Å². The van der Waals surface area contributed by atoms with E-state index in [0.29, 0.717) is 6.04 Å². The van der Waals surface area contributed by atoms with E-state index in [-0.39, 0.29) is 0 Å². The number of hydrogen-bond donors (Lipinski definition) is 1. The number of pyridine rings is 1. The molecule has 0 aromatic carbocycles. The van der Waals surface area contributed by atoms with Crippen molar-refractivity contribution < 1.29 is 4.74 Å². The number of aromatic nitrogens is 1. The fraction of sp³-hybridized carbons (Fsp3) is 0.643. The molecule has 2 rings (SSSR count). The molecule has 3 heteroatoms. The molecule has 0 amide bonds. The smallest absolute Gasteiger partial charge is 0.137 e. The number of nitrogens with zero attached hydrogens (tertiary/aromatic N) is 1. The van der Waals surface area contributed by atoms with Crippen molar-refractivity contribution in [2.45, 2.75) is 38.6 Å². The predicted molar refractivity (Wildman–Crippen MR) is 69.2 cm³/mol. The second-order valence-electron chi connectivity index (χ2n) is 4.86. The summed E-state index contributed by atoms with van der Waals surface area (Å²) in [6.45, 7) is 2.92. The molecule has 1 unspecified atom stereocenters. The topological polar surface area (TPSA) is 34.1 Å². The van der Waals surface area contributed by atoms with E-state index >= 15 is 0 Å². The Kier molecular flexibility index (Phi) is 4.37. The minimum Gasteiger partial charge on any atom is -0.492 e. The monoisotopic (exact) mass is 234 g/mol. The maximum Gasteiger partial charge on any atom is 0.137 e. The van der Waals surface area contributed by atoms with Crippen LogP contribution in [0.4, 0.5) is 0 Å². The Morgan fingerprint density at radius 1 is 1.47 bits per heavy atom. The zero-order valence-corrected chi connectivity index (χ0v) is 10.8. The molecule has 0 aliphatic heterocycles. The minimum absolute atomic E-state index is 0.291. The first-order valence-electron chi connectivity index (χ1n) is 6.55. The summed E-state index contributed by atoms with van der Waals surface area (Å²) in [5.74, 6) is 1.79. The van der Waals surface area contributed by atoms with E-state index in [2.05, 4.69) is 17.2 Å². The van der Waals surface area contributed by atoms with Gasteiger partial charge in [0.1, 0.15) is 5.75 Å². The maximum atomic E-state index is 5.70. The van der Waals surface area contributed by atoms with Crippen LogP contribution in [-0.2, 0) is 0 Å². The molecule has 1 aliphatic rings. The average molecular weight is 234 g/mol. The molecule has 1 N–H and O–H groups in total. The van der Waals surface area contributed by atoms with Gasteiger partial charge >= 0.3 is 0 Å². The third kappa shape index (κ3) is 3.43. The Morgan fingerprint density at radius 2 is 2.29 bits per heavy atom. The first kappa shape index (κ1) is 12.4. The van der Waals surface area contributed by atoms with Crippen LogP contribution in [0.2, 0.25) is 0 Å². The lowest BCUT2D eigenvalue weighted by Gasteiger charge is -2.24. The molecule has 17 heavy (non-hydrogen) atoms. The Balaban J connectivity index is 1.76. The molecule has 1 atom stereocenters. The van der Waals surface area contributed by atoms with Gasteiger partial charge in [-0.15, -0.1) is 0 Å². The summed E-state index contributed by atoms with van der Waals surface area (Å²) in [4.78, 5) is 4.39. The van der Waals surface area contributed by atoms with Gasteiger partial charge in [0.15, 0.2) is 0 Å². The fourth-order valence-electron chi connectivity index (χ4n) is 2.01. The summed E-state index contributed by atoms with van der Waals surface area (Å²) in [6, 6.07) is 4.33. The molecule has 0 saturated heterocycles. The standard InChI is InChI=1S/C14H22N2O/c1-11(15-2)14-7-6-13(10-16-14)17-9-8-12-4-3-5-12/h6-7,10-12,15H,3-5,8-9H2,1-2H3. The number of ether oxygens (including phenoxy) is 1. The lowest BCUT2D eigenvalue weighted by atomic mass is 9.83. The van der Waals surface area contributed by atoms with Crippen molar-refractivity contribution in [2.24, 2.45) is 5.92 Å². The van der Waals surface area contributed by atoms with E-state index < -0.39 is 0 Å². The van der Waals surface area contributed by atoms with Gasteiger partial charge in [-0.1, -0.05) is 19.3 Å². The van der Waals surface area contributed by atoms with Crippen LogP contribution in [-0.4, -0.2) is 18.6 Å². The van der Waals surface area contributed by atoms with Crippen molar-refractivity contribution >= 4 is 0 Å². The predicted octanol–water partition coefficient (Wildman–Crippen LogP) is 2.93. The summed E-state index contributed by atoms with van der Waals surface area (Å²) in [6.07, 6.45) is 7.20. The normalized spacial score (nSPS) is 17.5. The van der Waals surface area contributed by atoms with Crippen LogP contribution >= 0.6 is 0 Å². The molecule has 3 nitrogen and oxygen atoms in total. The highest BCUT2D eigenvalue weighted by Crippen LogP contribution is 2.29. The number of hydrogen-bond acceptors (Lipinski definition) is 3. The Labute approximate surface area is 104 Å². The van der Waals surface area contributed by atoms with E-state index in [1.165, 1.54) is 25.7 Å². The second kappa shape index (κ2) is 6.01. The zero-order valence-electron chi connectivity index (χ0n) is 10.8. The summed E-state index contributed by atoms with van der Waals surface area (Å²) >= 11 is 0. The van der Waals surface area contributed by atoms with Crippen molar-refractivity contribution in [2.75, 3.05) is 13.7 Å². The summed E-state index contributed by atoms with van der Waals surface area (Å²) < 4.78 is 5.70. The Morgan fingerprint density at radius 3 is 2.82 bits per heavy atom. The molecule has 1 aromatic rings. The fourth-order valence-corrected chi connectivity index (χ4v) is 2.01. The van der Waals surface area contributed by atoms with Crippen molar-refractivity contribution in [3.63, 3.8) is 0 Å². The highest BCUT2D eigenvalue weighted by molar-refractivity contribution is 5.21. The molecule has 1 aliphatic carbocycles. The lowest BCUT2D eigenvalue weighted by molar-refractivity contribution is 0.221. The molecule has 0 radical (unpaired) electrons. The van der Waals surface area contributed by atoms with E-state index in [4.69, 9.17) is 4.74 Å². The van der Waals surface area contributed by atoms with Crippen molar-refractivity contribution in [1.29, 1.82) is 0 Å². The average Bonchev–Trinajstić information content (AvgIpc) is 2.32. The molecule has 1 saturated carbocycles. The van der Waals surface area contributed by atoms with E-state index in [1.54, 1.807) is 0 Å². The van der Waals surface area contributed by atoms with Crippen LogP contribution in [0.5, 0.6) is 5.75 Å². The Bertz CT molecular complexity index is 333. The SMILES string of the molecule is CNC(C)c1ccc(OCCC2CCC2)cn1. The number of rotatable bonds is 6. The van der Waals surface area contributed by atoms with Crippen LogP contribution in [0, 0.1) is 5.92 Å². The minimum atomic E-state index is 0.291. The third-order valence-corrected chi connectivity index (χ3v) is 3.66. The zero-order chi connectivity index (χ0) is 12.1. The highest BCUT2D eigenvalue weighted by atomic mass is 16.5. The molecule has 1 aromatic heterocycles. The van der Waals surface area contributed by atoms with Crippen LogP contribution in [0.3, 0.4) is 0 Å². The second-order valence-corrected chi connectivity index (χ2v) is 4.86. The van der Waals surface area contributed by atoms with Crippen LogP contribution in [0.1, 0.15) is 44.3 Å². The molecule has 1 fully saturated rings. The van der Waals surface area contributed by atoms with Crippen molar-refractivity contribution in [1.82, 2.24) is 10.3 Å². The van der Waals surface area contributed by atoms with Gasteiger partial charge < -0.3 is 10.1 Å². The molecule has 0 spiro atoms. The Hall–Kier alpha value is -1.09. The van der Waals surface area contributed by atoms with Gasteiger partial charge in [0.05, 0.1) is 18.5 Å². The van der Waals surface area contributed by atoms with Crippen LogP contribution < -0.4 is 10.1 Å². The highest BCUT2D eigenvalue weighted by Gasteiger charge is 2.16. The quantitative estimate of drug-likeness (QED) is 0.821. The number of nitrogens with one attached hydrogen (secondary N) is 1. The van der Waals surface area contributed by atoms with E-state index in [1.807, 2.05) is 25.4 Å². The maximum absolute atomic E-state index is 5.70. The molecule has 94 valence electrons. The van der Waals surface area contributed by atoms with Gasteiger partial charge in [0, 0.05) is 6.04 Å². The van der Waals surface area contributed by atoms with Gasteiger partial charge in [-0.2, -0.15) is 0 Å². The summed E-state index contributed by atoms with van der Waals surface area (Å²) in [5, 5.41) is 3.17. The molecular formula is C14H22N2O. The third-order valence-electron chi connectivity index (χ3n) is 3.66. The molecule has 1 heterocycles. The molecular weight excluding hydrogens is 212 g/mol. The summed E-state index contributed by atoms with van der Waals surface area (Å²) in [5.41, 5.74) is 1.05. The lowest BCUT2D eigenvalue weighted by Crippen LogP contribution is -2.15. The van der Waals surface area contributed by atoms with Gasteiger partial charge in [0.25, 0.3) is 0 Å². The van der Waals surface area contributed by atoms with Gasteiger partial charge in [-0.3, -0.25) is 4.98 Å². The van der Waals surface area contributed by atoms with Crippen molar-refractivity contribution in [3.8, 4) is 5.75 Å². The first-order chi connectivity index (χ1) is 8.29. The van der Waals surface area contributed by atoms with E-state index in [0.717, 1.165) is 24.0 Å². The van der Waals surface area contributed by atoms with Crippen molar-refractivity contribution in [3.05, 3.63) is 24.0 Å². The first-order valence-corrected chi connectivity index (χ1v) is 6.55.